The summed E-state index contributed by atoms with van der Waals surface area (Å²) in [7, 11) is 0. The van der Waals surface area contributed by atoms with Crippen molar-refractivity contribution >= 4 is 0 Å². The highest BCUT2D eigenvalue weighted by Crippen LogP contribution is 2.22. The van der Waals surface area contributed by atoms with E-state index in [9.17, 15) is 0 Å². The van der Waals surface area contributed by atoms with Gasteiger partial charge in [0, 0.05) is 6.42 Å². The number of hydrogen-bond donors (Lipinski definition) is 1. The Kier molecular flexibility index (Phi) is 4.93. The molecule has 1 atom stereocenters. The van der Waals surface area contributed by atoms with Crippen LogP contribution in [0.3, 0.4) is 0 Å². The van der Waals surface area contributed by atoms with E-state index in [0.717, 1.165) is 19.3 Å². The van der Waals surface area contributed by atoms with Crippen LogP contribution in [0.5, 0.6) is 0 Å². The zero-order valence-corrected chi connectivity index (χ0v) is 10.6. The van der Waals surface area contributed by atoms with E-state index in [0.29, 0.717) is 11.7 Å². The van der Waals surface area contributed by atoms with Crippen LogP contribution in [0.15, 0.2) is 4.52 Å². The van der Waals surface area contributed by atoms with Gasteiger partial charge in [-0.3, -0.25) is 0 Å². The highest BCUT2D eigenvalue weighted by Gasteiger charge is 2.26. The third-order valence-electron chi connectivity index (χ3n) is 2.83. The van der Waals surface area contributed by atoms with Gasteiger partial charge in [-0.1, -0.05) is 44.7 Å². The molecule has 0 fully saturated rings. The van der Waals surface area contributed by atoms with Crippen molar-refractivity contribution in [2.24, 2.45) is 5.73 Å². The van der Waals surface area contributed by atoms with Crippen LogP contribution >= 0.6 is 0 Å². The Hall–Kier alpha value is -0.900. The van der Waals surface area contributed by atoms with Crippen molar-refractivity contribution in [2.75, 3.05) is 0 Å². The minimum absolute atomic E-state index is 0.454. The first-order chi connectivity index (χ1) is 7.60. The molecule has 0 bridgehead atoms. The van der Waals surface area contributed by atoms with Gasteiger partial charge in [0.05, 0.1) is 5.54 Å². The summed E-state index contributed by atoms with van der Waals surface area (Å²) in [5.41, 5.74) is 5.75. The Labute approximate surface area is 97.6 Å². The van der Waals surface area contributed by atoms with Gasteiger partial charge in [-0.15, -0.1) is 0 Å². The molecule has 2 N–H and O–H groups in total. The fourth-order valence-corrected chi connectivity index (χ4v) is 1.66. The molecule has 1 unspecified atom stereocenters. The van der Waals surface area contributed by atoms with Crippen LogP contribution in [0, 0.1) is 0 Å². The van der Waals surface area contributed by atoms with E-state index in [-0.39, 0.29) is 0 Å². The molecule has 0 aromatic carbocycles. The van der Waals surface area contributed by atoms with Crippen molar-refractivity contribution in [3.05, 3.63) is 11.7 Å². The normalized spacial score (nSPS) is 15.0. The number of aryl methyl sites for hydroxylation is 1. The average molecular weight is 225 g/mol. The lowest BCUT2D eigenvalue weighted by Gasteiger charge is -2.19. The van der Waals surface area contributed by atoms with Crippen molar-refractivity contribution in [1.29, 1.82) is 0 Å². The second kappa shape index (κ2) is 5.99. The lowest BCUT2D eigenvalue weighted by molar-refractivity contribution is 0.344. The maximum atomic E-state index is 6.20. The molecule has 1 aromatic heterocycles. The van der Waals surface area contributed by atoms with Crippen LogP contribution in [0.2, 0.25) is 0 Å². The van der Waals surface area contributed by atoms with E-state index in [1.807, 2.05) is 13.8 Å². The fourth-order valence-electron chi connectivity index (χ4n) is 1.66. The monoisotopic (exact) mass is 225 g/mol. The standard InChI is InChI=1S/C12H23N3O/c1-4-6-7-8-9-12(3,13)11-14-10(5-2)16-15-11/h4-9,13H2,1-3H3. The largest absolute Gasteiger partial charge is 0.339 e. The smallest absolute Gasteiger partial charge is 0.226 e. The lowest BCUT2D eigenvalue weighted by Crippen LogP contribution is -2.34. The maximum absolute atomic E-state index is 6.20. The molecule has 0 radical (unpaired) electrons. The molecule has 1 aromatic rings. The highest BCUT2D eigenvalue weighted by molar-refractivity contribution is 5.01. The zero-order chi connectivity index (χ0) is 12.0. The maximum Gasteiger partial charge on any atom is 0.226 e. The van der Waals surface area contributed by atoms with Crippen molar-refractivity contribution < 1.29 is 4.52 Å². The molecule has 0 saturated heterocycles. The van der Waals surface area contributed by atoms with Gasteiger partial charge in [-0.05, 0) is 13.3 Å². The predicted molar refractivity (Wildman–Crippen MR) is 64.0 cm³/mol. The molecule has 16 heavy (non-hydrogen) atoms. The summed E-state index contributed by atoms with van der Waals surface area (Å²) in [4.78, 5) is 4.30. The Bertz CT molecular complexity index is 307. The van der Waals surface area contributed by atoms with E-state index in [2.05, 4.69) is 17.1 Å². The Morgan fingerprint density at radius 1 is 1.25 bits per heavy atom. The fraction of sp³-hybridized carbons (Fsp3) is 0.833. The quantitative estimate of drug-likeness (QED) is 0.725. The summed E-state index contributed by atoms with van der Waals surface area (Å²) in [6.07, 6.45) is 6.53. The van der Waals surface area contributed by atoms with Crippen LogP contribution in [0.1, 0.15) is 64.6 Å². The topological polar surface area (TPSA) is 64.9 Å². The van der Waals surface area contributed by atoms with Crippen LogP contribution < -0.4 is 5.73 Å². The van der Waals surface area contributed by atoms with Crippen molar-refractivity contribution in [2.45, 2.75) is 64.8 Å². The van der Waals surface area contributed by atoms with Gasteiger partial charge in [-0.2, -0.15) is 4.98 Å². The SMILES string of the molecule is CCCCCCC(C)(N)c1noc(CC)n1. The third kappa shape index (κ3) is 3.59. The molecular weight excluding hydrogens is 202 g/mol. The van der Waals surface area contributed by atoms with Gasteiger partial charge in [0.2, 0.25) is 5.89 Å². The Morgan fingerprint density at radius 2 is 2.00 bits per heavy atom. The molecule has 0 aliphatic carbocycles. The van der Waals surface area contributed by atoms with E-state index in [4.69, 9.17) is 10.3 Å². The van der Waals surface area contributed by atoms with Gasteiger partial charge < -0.3 is 10.3 Å². The second-order valence-electron chi connectivity index (χ2n) is 4.59. The van der Waals surface area contributed by atoms with Gasteiger partial charge in [-0.25, -0.2) is 0 Å². The summed E-state index contributed by atoms with van der Waals surface area (Å²) in [5, 5.41) is 3.95. The molecule has 0 amide bonds. The zero-order valence-electron chi connectivity index (χ0n) is 10.6. The van der Waals surface area contributed by atoms with Crippen LogP contribution in [-0.2, 0) is 12.0 Å². The number of unbranched alkanes of at least 4 members (excludes halogenated alkanes) is 3. The number of nitrogens with zero attached hydrogens (tertiary/aromatic N) is 2. The summed E-state index contributed by atoms with van der Waals surface area (Å²) >= 11 is 0. The van der Waals surface area contributed by atoms with E-state index in [1.165, 1.54) is 19.3 Å². The Balaban J connectivity index is 2.48. The van der Waals surface area contributed by atoms with Crippen LogP contribution in [-0.4, -0.2) is 10.1 Å². The van der Waals surface area contributed by atoms with E-state index >= 15 is 0 Å². The first-order valence-electron chi connectivity index (χ1n) is 6.22. The molecule has 92 valence electrons. The summed E-state index contributed by atoms with van der Waals surface area (Å²) in [6.45, 7) is 6.17. The number of hydrogen-bond acceptors (Lipinski definition) is 4. The van der Waals surface area contributed by atoms with Crippen molar-refractivity contribution in [3.8, 4) is 0 Å². The first-order valence-corrected chi connectivity index (χ1v) is 6.22. The molecular formula is C12H23N3O. The number of rotatable bonds is 7. The van der Waals surface area contributed by atoms with Gasteiger partial charge in [0.15, 0.2) is 5.82 Å². The van der Waals surface area contributed by atoms with E-state index in [1.54, 1.807) is 0 Å². The van der Waals surface area contributed by atoms with Crippen molar-refractivity contribution in [3.63, 3.8) is 0 Å². The number of aromatic nitrogens is 2. The molecule has 0 aliphatic heterocycles. The van der Waals surface area contributed by atoms with E-state index < -0.39 is 5.54 Å². The molecule has 0 saturated carbocycles. The molecule has 4 heteroatoms. The van der Waals surface area contributed by atoms with Crippen LogP contribution in [0.4, 0.5) is 0 Å². The minimum Gasteiger partial charge on any atom is -0.339 e. The molecule has 0 aliphatic rings. The van der Waals surface area contributed by atoms with Gasteiger partial charge in [0.25, 0.3) is 0 Å². The third-order valence-corrected chi connectivity index (χ3v) is 2.83. The highest BCUT2D eigenvalue weighted by atomic mass is 16.5. The number of nitrogens with two attached hydrogens (primary N) is 1. The Morgan fingerprint density at radius 3 is 2.56 bits per heavy atom. The molecule has 4 nitrogen and oxygen atoms in total. The summed E-state index contributed by atoms with van der Waals surface area (Å²) in [6, 6.07) is 0. The summed E-state index contributed by atoms with van der Waals surface area (Å²) in [5.74, 6) is 1.31. The second-order valence-corrected chi connectivity index (χ2v) is 4.59. The first kappa shape index (κ1) is 13.2. The van der Waals surface area contributed by atoms with Crippen molar-refractivity contribution in [1.82, 2.24) is 10.1 Å². The van der Waals surface area contributed by atoms with Crippen LogP contribution in [0.25, 0.3) is 0 Å². The van der Waals surface area contributed by atoms with Gasteiger partial charge in [0.1, 0.15) is 0 Å². The lowest BCUT2D eigenvalue weighted by atomic mass is 9.94. The minimum atomic E-state index is -0.454. The molecule has 0 spiro atoms. The van der Waals surface area contributed by atoms with Gasteiger partial charge >= 0.3 is 0 Å². The predicted octanol–water partition coefficient (Wildman–Crippen LogP) is 2.78. The molecule has 1 heterocycles. The average Bonchev–Trinajstić information content (AvgIpc) is 2.73. The molecule has 1 rings (SSSR count). The summed E-state index contributed by atoms with van der Waals surface area (Å²) < 4.78 is 5.09.